The molecule has 0 unspecified atom stereocenters. The van der Waals surface area contributed by atoms with E-state index in [2.05, 4.69) is 4.90 Å². The van der Waals surface area contributed by atoms with Crippen molar-refractivity contribution < 1.29 is 13.3 Å². The predicted molar refractivity (Wildman–Crippen MR) is 89.3 cm³/mol. The summed E-state index contributed by atoms with van der Waals surface area (Å²) in [7, 11) is -1.00. The van der Waals surface area contributed by atoms with E-state index in [0.29, 0.717) is 24.5 Å². The number of hydrogen-bond acceptors (Lipinski definition) is 3. The summed E-state index contributed by atoms with van der Waals surface area (Å²) in [4.78, 5) is 3.05. The van der Waals surface area contributed by atoms with Crippen molar-refractivity contribution in [2.45, 2.75) is 11.0 Å². The smallest absolute Gasteiger partial charge is 0.129 e. The summed E-state index contributed by atoms with van der Waals surface area (Å²) < 4.78 is 31.9. The number of hydrogen-bond donors (Lipinski definition) is 0. The molecule has 2 atom stereocenters. The fraction of sp³-hybridized carbons (Fsp3) is 0.333. The molecule has 5 heteroatoms. The van der Waals surface area contributed by atoms with Crippen molar-refractivity contribution >= 4 is 10.8 Å². The van der Waals surface area contributed by atoms with Gasteiger partial charge in [0.25, 0.3) is 0 Å². The molecule has 1 fully saturated rings. The van der Waals surface area contributed by atoms with Crippen LogP contribution in [0.3, 0.4) is 0 Å². The molecule has 0 amide bonds. The fourth-order valence-electron chi connectivity index (χ4n) is 2.73. The first-order valence-corrected chi connectivity index (χ1v) is 9.08. The first-order valence-electron chi connectivity index (χ1n) is 7.76. The van der Waals surface area contributed by atoms with E-state index in [9.17, 15) is 8.60 Å². The Morgan fingerprint density at radius 1 is 1.13 bits per heavy atom. The first-order chi connectivity index (χ1) is 11.2. The monoisotopic (exact) mass is 333 g/mol. The van der Waals surface area contributed by atoms with E-state index in [4.69, 9.17) is 4.74 Å². The highest BCUT2D eigenvalue weighted by molar-refractivity contribution is 7.85. The lowest BCUT2D eigenvalue weighted by molar-refractivity contribution is -0.0294. The summed E-state index contributed by atoms with van der Waals surface area (Å²) in [6, 6.07) is 16.2. The Bertz CT molecular complexity index is 665. The molecule has 0 spiro atoms. The van der Waals surface area contributed by atoms with Crippen LogP contribution in [0.15, 0.2) is 59.5 Å². The zero-order chi connectivity index (χ0) is 16.1. The van der Waals surface area contributed by atoms with Crippen molar-refractivity contribution in [1.29, 1.82) is 0 Å². The van der Waals surface area contributed by atoms with Gasteiger partial charge in [-0.25, -0.2) is 4.39 Å². The molecule has 2 aromatic carbocycles. The summed E-state index contributed by atoms with van der Waals surface area (Å²) in [5.74, 6) is 0.348. The quantitative estimate of drug-likeness (QED) is 0.842. The highest BCUT2D eigenvalue weighted by Gasteiger charge is 2.24. The molecule has 1 saturated heterocycles. The Kier molecular flexibility index (Phi) is 5.54. The Morgan fingerprint density at radius 3 is 2.65 bits per heavy atom. The highest BCUT2D eigenvalue weighted by atomic mass is 32.2. The summed E-state index contributed by atoms with van der Waals surface area (Å²) in [6.07, 6.45) is -0.255. The summed E-state index contributed by atoms with van der Waals surface area (Å²) in [5, 5.41) is 0. The molecule has 23 heavy (non-hydrogen) atoms. The molecule has 1 aliphatic rings. The SMILES string of the molecule is O=[S@@](CCN1CCO[C@@H](c2ccccc2F)C1)c1ccccc1. The minimum Gasteiger partial charge on any atom is -0.371 e. The minimum absolute atomic E-state index is 0.229. The summed E-state index contributed by atoms with van der Waals surface area (Å²) in [6.45, 7) is 2.71. The molecule has 3 rings (SSSR count). The van der Waals surface area contributed by atoms with Gasteiger partial charge in [0, 0.05) is 35.8 Å². The maximum atomic E-state index is 13.9. The lowest BCUT2D eigenvalue weighted by Crippen LogP contribution is -2.40. The number of rotatable bonds is 5. The Labute approximate surface area is 138 Å². The van der Waals surface area contributed by atoms with Gasteiger partial charge >= 0.3 is 0 Å². The van der Waals surface area contributed by atoms with Crippen LogP contribution in [0, 0.1) is 5.82 Å². The fourth-order valence-corrected chi connectivity index (χ4v) is 3.85. The Morgan fingerprint density at radius 2 is 1.87 bits per heavy atom. The molecule has 122 valence electrons. The normalized spacial score (nSPS) is 20.3. The van der Waals surface area contributed by atoms with Gasteiger partial charge in [-0.15, -0.1) is 0 Å². The zero-order valence-corrected chi connectivity index (χ0v) is 13.7. The van der Waals surface area contributed by atoms with Crippen LogP contribution in [0.4, 0.5) is 4.39 Å². The minimum atomic E-state index is -1.00. The van der Waals surface area contributed by atoms with Gasteiger partial charge in [-0.05, 0) is 18.2 Å². The molecular weight excluding hydrogens is 313 g/mol. The van der Waals surface area contributed by atoms with Crippen molar-refractivity contribution in [2.24, 2.45) is 0 Å². The second-order valence-electron chi connectivity index (χ2n) is 5.54. The van der Waals surface area contributed by atoms with E-state index in [1.165, 1.54) is 6.07 Å². The third-order valence-corrected chi connectivity index (χ3v) is 5.35. The molecule has 1 aliphatic heterocycles. The first kappa shape index (κ1) is 16.3. The molecule has 0 radical (unpaired) electrons. The second-order valence-corrected chi connectivity index (χ2v) is 7.11. The van der Waals surface area contributed by atoms with Gasteiger partial charge in [0.05, 0.1) is 23.5 Å². The highest BCUT2D eigenvalue weighted by Crippen LogP contribution is 2.24. The molecule has 2 aromatic rings. The number of nitrogens with zero attached hydrogens (tertiary/aromatic N) is 1. The Hall–Kier alpha value is -1.56. The van der Waals surface area contributed by atoms with Gasteiger partial charge in [0.1, 0.15) is 5.82 Å². The van der Waals surface area contributed by atoms with Crippen LogP contribution in [0.2, 0.25) is 0 Å². The predicted octanol–water partition coefficient (Wildman–Crippen LogP) is 3.01. The third-order valence-electron chi connectivity index (χ3n) is 4.00. The Balaban J connectivity index is 1.57. The standard InChI is InChI=1S/C18H20FNO2S/c19-17-9-5-4-8-16(17)18-14-20(10-12-22-18)11-13-23(21)15-6-2-1-3-7-15/h1-9,18H,10-14H2/t18-,23+/m1/s1. The van der Waals surface area contributed by atoms with Crippen molar-refractivity contribution in [2.75, 3.05) is 32.0 Å². The van der Waals surface area contributed by atoms with E-state index in [1.54, 1.807) is 12.1 Å². The van der Waals surface area contributed by atoms with E-state index in [0.717, 1.165) is 18.0 Å². The molecule has 0 N–H and O–H groups in total. The molecule has 3 nitrogen and oxygen atoms in total. The van der Waals surface area contributed by atoms with Crippen molar-refractivity contribution in [3.63, 3.8) is 0 Å². The van der Waals surface area contributed by atoms with Crippen LogP contribution in [0.1, 0.15) is 11.7 Å². The maximum absolute atomic E-state index is 13.9. The van der Waals surface area contributed by atoms with Gasteiger partial charge in [0.15, 0.2) is 0 Å². The van der Waals surface area contributed by atoms with Crippen LogP contribution < -0.4 is 0 Å². The molecule has 1 heterocycles. The molecule has 0 aromatic heterocycles. The van der Waals surface area contributed by atoms with Crippen LogP contribution in [-0.4, -0.2) is 41.1 Å². The second kappa shape index (κ2) is 7.81. The van der Waals surface area contributed by atoms with E-state index in [1.807, 2.05) is 36.4 Å². The average Bonchev–Trinajstić information content (AvgIpc) is 2.61. The van der Waals surface area contributed by atoms with Crippen LogP contribution in [-0.2, 0) is 15.5 Å². The van der Waals surface area contributed by atoms with Gasteiger partial charge in [-0.3, -0.25) is 9.11 Å². The molecule has 0 bridgehead atoms. The van der Waals surface area contributed by atoms with Gasteiger partial charge in [-0.1, -0.05) is 36.4 Å². The van der Waals surface area contributed by atoms with Gasteiger partial charge in [-0.2, -0.15) is 0 Å². The van der Waals surface area contributed by atoms with Gasteiger partial charge < -0.3 is 4.74 Å². The van der Waals surface area contributed by atoms with Gasteiger partial charge in [0.2, 0.25) is 0 Å². The molecule has 0 aliphatic carbocycles. The number of ether oxygens (including phenoxy) is 1. The number of benzene rings is 2. The molecule has 0 saturated carbocycles. The lowest BCUT2D eigenvalue weighted by Gasteiger charge is -2.33. The topological polar surface area (TPSA) is 29.5 Å². The largest absolute Gasteiger partial charge is 0.371 e. The maximum Gasteiger partial charge on any atom is 0.129 e. The summed E-state index contributed by atoms with van der Waals surface area (Å²) >= 11 is 0. The average molecular weight is 333 g/mol. The van der Waals surface area contributed by atoms with E-state index < -0.39 is 10.8 Å². The van der Waals surface area contributed by atoms with Crippen molar-refractivity contribution in [1.82, 2.24) is 4.90 Å². The molecular formula is C18H20FNO2S. The zero-order valence-electron chi connectivity index (χ0n) is 12.9. The number of halogens is 1. The van der Waals surface area contributed by atoms with E-state index in [-0.39, 0.29) is 11.9 Å². The van der Waals surface area contributed by atoms with Crippen molar-refractivity contribution in [3.05, 3.63) is 66.0 Å². The van der Waals surface area contributed by atoms with Crippen LogP contribution >= 0.6 is 0 Å². The van der Waals surface area contributed by atoms with Crippen molar-refractivity contribution in [3.8, 4) is 0 Å². The number of morpholine rings is 1. The van der Waals surface area contributed by atoms with E-state index >= 15 is 0 Å². The summed E-state index contributed by atoms with van der Waals surface area (Å²) in [5.41, 5.74) is 0.599. The lowest BCUT2D eigenvalue weighted by atomic mass is 10.1. The third kappa shape index (κ3) is 4.25. The van der Waals surface area contributed by atoms with Crippen LogP contribution in [0.5, 0.6) is 0 Å². The van der Waals surface area contributed by atoms with Crippen LogP contribution in [0.25, 0.3) is 0 Å².